The number of nitrogens with zero attached hydrogens (tertiary/aromatic N) is 2. The molecule has 2 rings (SSSR count). The van der Waals surface area contributed by atoms with Crippen molar-refractivity contribution in [1.82, 2.24) is 9.88 Å². The zero-order chi connectivity index (χ0) is 12.1. The Morgan fingerprint density at radius 3 is 3.06 bits per heavy atom. The molecule has 0 aromatic carbocycles. The lowest BCUT2D eigenvalue weighted by Gasteiger charge is -2.33. The Morgan fingerprint density at radius 2 is 2.41 bits per heavy atom. The minimum absolute atomic E-state index is 0.376. The average molecular weight is 233 g/mol. The summed E-state index contributed by atoms with van der Waals surface area (Å²) in [7, 11) is 0. The standard InChI is InChI=1S/C14H23N3/c1-12-5-4-8-17(10-12)11-13(9-15)14-6-2-3-7-16-14/h2-3,6-7,12-13H,4-5,8-11,15H2,1H3. The lowest BCUT2D eigenvalue weighted by atomic mass is 9.97. The van der Waals surface area contributed by atoms with E-state index in [4.69, 9.17) is 5.73 Å². The van der Waals surface area contributed by atoms with Gasteiger partial charge in [0, 0.05) is 37.4 Å². The van der Waals surface area contributed by atoms with E-state index >= 15 is 0 Å². The summed E-state index contributed by atoms with van der Waals surface area (Å²) < 4.78 is 0. The van der Waals surface area contributed by atoms with Crippen LogP contribution in [0.1, 0.15) is 31.4 Å². The molecule has 2 heterocycles. The van der Waals surface area contributed by atoms with Crippen molar-refractivity contribution < 1.29 is 0 Å². The maximum absolute atomic E-state index is 5.89. The summed E-state index contributed by atoms with van der Waals surface area (Å²) >= 11 is 0. The molecule has 1 saturated heterocycles. The van der Waals surface area contributed by atoms with Gasteiger partial charge in [0.1, 0.15) is 0 Å². The molecule has 1 aliphatic rings. The van der Waals surface area contributed by atoms with Crippen LogP contribution in [-0.4, -0.2) is 36.1 Å². The van der Waals surface area contributed by atoms with E-state index in [0.717, 1.165) is 18.2 Å². The van der Waals surface area contributed by atoms with E-state index in [1.54, 1.807) is 0 Å². The second kappa shape index (κ2) is 6.12. The minimum Gasteiger partial charge on any atom is -0.330 e. The summed E-state index contributed by atoms with van der Waals surface area (Å²) in [6.07, 6.45) is 4.55. The molecule has 3 nitrogen and oxygen atoms in total. The van der Waals surface area contributed by atoms with Crippen molar-refractivity contribution in [3.63, 3.8) is 0 Å². The fourth-order valence-electron chi connectivity index (χ4n) is 2.67. The van der Waals surface area contributed by atoms with Gasteiger partial charge in [-0.25, -0.2) is 0 Å². The molecular weight excluding hydrogens is 210 g/mol. The van der Waals surface area contributed by atoms with Crippen molar-refractivity contribution in [2.75, 3.05) is 26.2 Å². The summed E-state index contributed by atoms with van der Waals surface area (Å²) in [5.74, 6) is 1.20. The number of rotatable bonds is 4. The lowest BCUT2D eigenvalue weighted by Crippen LogP contribution is -2.38. The first-order valence-corrected chi connectivity index (χ1v) is 6.63. The molecule has 2 N–H and O–H groups in total. The average Bonchev–Trinajstić information content (AvgIpc) is 2.37. The van der Waals surface area contributed by atoms with Gasteiger partial charge < -0.3 is 10.6 Å². The van der Waals surface area contributed by atoms with E-state index in [9.17, 15) is 0 Å². The highest BCUT2D eigenvalue weighted by Crippen LogP contribution is 2.19. The fraction of sp³-hybridized carbons (Fsp3) is 0.643. The van der Waals surface area contributed by atoms with Gasteiger partial charge in [0.05, 0.1) is 0 Å². The molecule has 1 aliphatic heterocycles. The molecule has 0 amide bonds. The number of hydrogen-bond acceptors (Lipinski definition) is 3. The molecule has 1 aromatic heterocycles. The van der Waals surface area contributed by atoms with Crippen LogP contribution in [0, 0.1) is 5.92 Å². The summed E-state index contributed by atoms with van der Waals surface area (Å²) in [6.45, 7) is 6.50. The maximum Gasteiger partial charge on any atom is 0.0459 e. The predicted octanol–water partition coefficient (Wildman–Crippen LogP) is 1.86. The van der Waals surface area contributed by atoms with Crippen LogP contribution in [0.25, 0.3) is 0 Å². The van der Waals surface area contributed by atoms with Crippen LogP contribution in [0.5, 0.6) is 0 Å². The SMILES string of the molecule is CC1CCCN(CC(CN)c2ccccn2)C1. The third kappa shape index (κ3) is 3.51. The molecule has 0 bridgehead atoms. The third-order valence-corrected chi connectivity index (χ3v) is 3.61. The highest BCUT2D eigenvalue weighted by Gasteiger charge is 2.20. The van der Waals surface area contributed by atoms with E-state index in [0.29, 0.717) is 12.5 Å². The molecule has 0 aliphatic carbocycles. The second-order valence-electron chi connectivity index (χ2n) is 5.19. The van der Waals surface area contributed by atoms with Crippen molar-refractivity contribution in [3.8, 4) is 0 Å². The monoisotopic (exact) mass is 233 g/mol. The van der Waals surface area contributed by atoms with Gasteiger partial charge in [-0.15, -0.1) is 0 Å². The lowest BCUT2D eigenvalue weighted by molar-refractivity contribution is 0.174. The van der Waals surface area contributed by atoms with E-state index in [1.165, 1.54) is 25.9 Å². The van der Waals surface area contributed by atoms with Crippen LogP contribution in [0.15, 0.2) is 24.4 Å². The summed E-state index contributed by atoms with van der Waals surface area (Å²) in [4.78, 5) is 6.97. The first-order valence-electron chi connectivity index (χ1n) is 6.63. The minimum atomic E-state index is 0.376. The molecule has 1 aromatic rings. The van der Waals surface area contributed by atoms with Gasteiger partial charge in [-0.2, -0.15) is 0 Å². The van der Waals surface area contributed by atoms with Crippen molar-refractivity contribution >= 4 is 0 Å². The Labute approximate surface area is 104 Å². The first-order chi connectivity index (χ1) is 8.29. The summed E-state index contributed by atoms with van der Waals surface area (Å²) in [5.41, 5.74) is 7.02. The predicted molar refractivity (Wildman–Crippen MR) is 70.9 cm³/mol. The van der Waals surface area contributed by atoms with E-state index < -0.39 is 0 Å². The van der Waals surface area contributed by atoms with Gasteiger partial charge in [-0.1, -0.05) is 13.0 Å². The van der Waals surface area contributed by atoms with E-state index in [1.807, 2.05) is 18.3 Å². The molecule has 94 valence electrons. The van der Waals surface area contributed by atoms with Crippen molar-refractivity contribution in [2.45, 2.75) is 25.7 Å². The second-order valence-corrected chi connectivity index (χ2v) is 5.19. The topological polar surface area (TPSA) is 42.1 Å². The number of piperidine rings is 1. The van der Waals surface area contributed by atoms with Crippen LogP contribution >= 0.6 is 0 Å². The fourth-order valence-corrected chi connectivity index (χ4v) is 2.67. The Bertz CT molecular complexity index is 325. The van der Waals surface area contributed by atoms with Crippen molar-refractivity contribution in [2.24, 2.45) is 11.7 Å². The molecule has 2 unspecified atom stereocenters. The third-order valence-electron chi connectivity index (χ3n) is 3.61. The van der Waals surface area contributed by atoms with Gasteiger partial charge >= 0.3 is 0 Å². The Morgan fingerprint density at radius 1 is 1.53 bits per heavy atom. The molecule has 0 radical (unpaired) electrons. The Balaban J connectivity index is 1.95. The first kappa shape index (κ1) is 12.5. The molecule has 1 fully saturated rings. The molecule has 0 spiro atoms. The number of nitrogens with two attached hydrogens (primary N) is 1. The highest BCUT2D eigenvalue weighted by atomic mass is 15.1. The number of aromatic nitrogens is 1. The normalized spacial score (nSPS) is 23.5. The zero-order valence-corrected chi connectivity index (χ0v) is 10.7. The van der Waals surface area contributed by atoms with Gasteiger partial charge in [-0.3, -0.25) is 4.98 Å². The number of likely N-dealkylation sites (tertiary alicyclic amines) is 1. The van der Waals surface area contributed by atoms with Crippen LogP contribution in [-0.2, 0) is 0 Å². The quantitative estimate of drug-likeness (QED) is 0.863. The van der Waals surface area contributed by atoms with Gasteiger partial charge in [0.15, 0.2) is 0 Å². The van der Waals surface area contributed by atoms with Gasteiger partial charge in [0.2, 0.25) is 0 Å². The summed E-state index contributed by atoms with van der Waals surface area (Å²) in [5, 5.41) is 0. The van der Waals surface area contributed by atoms with Crippen molar-refractivity contribution in [3.05, 3.63) is 30.1 Å². The molecule has 17 heavy (non-hydrogen) atoms. The number of hydrogen-bond donors (Lipinski definition) is 1. The van der Waals surface area contributed by atoms with Crippen LogP contribution in [0.3, 0.4) is 0 Å². The van der Waals surface area contributed by atoms with Crippen LogP contribution in [0.2, 0.25) is 0 Å². The molecule has 3 heteroatoms. The Kier molecular flexibility index (Phi) is 4.51. The van der Waals surface area contributed by atoms with E-state index in [2.05, 4.69) is 22.9 Å². The highest BCUT2D eigenvalue weighted by molar-refractivity contribution is 5.10. The molecular formula is C14H23N3. The van der Waals surface area contributed by atoms with Gasteiger partial charge in [-0.05, 0) is 37.4 Å². The maximum atomic E-state index is 5.89. The zero-order valence-electron chi connectivity index (χ0n) is 10.7. The van der Waals surface area contributed by atoms with Crippen LogP contribution < -0.4 is 5.73 Å². The molecule has 0 saturated carbocycles. The van der Waals surface area contributed by atoms with Crippen molar-refractivity contribution in [1.29, 1.82) is 0 Å². The van der Waals surface area contributed by atoms with E-state index in [-0.39, 0.29) is 0 Å². The smallest absolute Gasteiger partial charge is 0.0459 e. The van der Waals surface area contributed by atoms with Crippen LogP contribution in [0.4, 0.5) is 0 Å². The summed E-state index contributed by atoms with van der Waals surface area (Å²) in [6, 6.07) is 6.09. The Hall–Kier alpha value is -0.930. The van der Waals surface area contributed by atoms with Gasteiger partial charge in [0.25, 0.3) is 0 Å². The largest absolute Gasteiger partial charge is 0.330 e. The molecule has 2 atom stereocenters. The number of pyridine rings is 1.